The molecule has 100 valence electrons. The molecule has 0 bridgehead atoms. The van der Waals surface area contributed by atoms with Crippen LogP contribution in [0.25, 0.3) is 0 Å². The van der Waals surface area contributed by atoms with Gasteiger partial charge in [0.25, 0.3) is 0 Å². The molecule has 1 atom stereocenters. The maximum absolute atomic E-state index is 12.9. The molecule has 0 amide bonds. The highest BCUT2D eigenvalue weighted by Crippen LogP contribution is 2.29. The van der Waals surface area contributed by atoms with E-state index in [-0.39, 0.29) is 11.9 Å². The highest BCUT2D eigenvalue weighted by Gasteiger charge is 2.13. The molecule has 0 heterocycles. The molecule has 2 aromatic carbocycles. The second-order valence-corrected chi connectivity index (χ2v) is 6.11. The molecule has 0 spiro atoms. The molecule has 0 radical (unpaired) electrons. The number of benzene rings is 2. The van der Waals surface area contributed by atoms with E-state index in [0.29, 0.717) is 0 Å². The average molecular weight is 387 g/mol. The van der Waals surface area contributed by atoms with Crippen LogP contribution in [0.5, 0.6) is 0 Å². The minimum absolute atomic E-state index is 0.178. The quantitative estimate of drug-likeness (QED) is 0.791. The van der Waals surface area contributed by atoms with Crippen LogP contribution in [0.15, 0.2) is 51.4 Å². The smallest absolute Gasteiger partial charge is 0.123 e. The number of hydrogen-bond donors (Lipinski definition) is 1. The molecule has 0 saturated carbocycles. The van der Waals surface area contributed by atoms with Gasteiger partial charge in [0, 0.05) is 15.0 Å². The van der Waals surface area contributed by atoms with E-state index in [1.165, 1.54) is 17.7 Å². The Morgan fingerprint density at radius 1 is 1.11 bits per heavy atom. The van der Waals surface area contributed by atoms with Crippen LogP contribution in [-0.2, 0) is 6.42 Å². The summed E-state index contributed by atoms with van der Waals surface area (Å²) < 4.78 is 15.0. The summed E-state index contributed by atoms with van der Waals surface area (Å²) in [5.41, 5.74) is 2.29. The normalized spacial score (nSPS) is 12.4. The summed E-state index contributed by atoms with van der Waals surface area (Å²) in [6.07, 6.45) is 0.811. The van der Waals surface area contributed by atoms with Crippen LogP contribution in [0.1, 0.15) is 17.2 Å². The van der Waals surface area contributed by atoms with E-state index in [0.717, 1.165) is 20.9 Å². The zero-order valence-corrected chi connectivity index (χ0v) is 13.6. The zero-order chi connectivity index (χ0) is 13.8. The Bertz CT molecular complexity index is 555. The minimum Gasteiger partial charge on any atom is -0.313 e. The molecule has 0 saturated heterocycles. The molecule has 1 N–H and O–H groups in total. The van der Waals surface area contributed by atoms with Crippen LogP contribution in [0.2, 0.25) is 0 Å². The van der Waals surface area contributed by atoms with Gasteiger partial charge in [0.2, 0.25) is 0 Å². The van der Waals surface area contributed by atoms with Crippen LogP contribution in [0.3, 0.4) is 0 Å². The van der Waals surface area contributed by atoms with E-state index < -0.39 is 0 Å². The fraction of sp³-hybridized carbons (Fsp3) is 0.200. The Balaban J connectivity index is 2.24. The second kappa shape index (κ2) is 6.64. The van der Waals surface area contributed by atoms with Crippen LogP contribution < -0.4 is 5.32 Å². The lowest BCUT2D eigenvalue weighted by Gasteiger charge is -2.18. The molecule has 2 aromatic rings. The fourth-order valence-electron chi connectivity index (χ4n) is 2.01. The summed E-state index contributed by atoms with van der Waals surface area (Å²) in [5.74, 6) is -0.201. The van der Waals surface area contributed by atoms with Gasteiger partial charge in [0.15, 0.2) is 0 Å². The van der Waals surface area contributed by atoms with E-state index in [1.54, 1.807) is 0 Å². The highest BCUT2D eigenvalue weighted by atomic mass is 79.9. The zero-order valence-electron chi connectivity index (χ0n) is 10.5. The molecule has 2 rings (SSSR count). The summed E-state index contributed by atoms with van der Waals surface area (Å²) >= 11 is 7.07. The summed E-state index contributed by atoms with van der Waals surface area (Å²) in [6.45, 7) is 0. The van der Waals surface area contributed by atoms with Gasteiger partial charge in [-0.3, -0.25) is 0 Å². The van der Waals surface area contributed by atoms with Crippen molar-refractivity contribution in [3.05, 3.63) is 68.4 Å². The molecular weight excluding hydrogens is 373 g/mol. The number of nitrogens with one attached hydrogen (secondary N) is 1. The van der Waals surface area contributed by atoms with Gasteiger partial charge in [-0.2, -0.15) is 0 Å². The first-order valence-corrected chi connectivity index (χ1v) is 7.55. The lowest BCUT2D eigenvalue weighted by atomic mass is 9.99. The lowest BCUT2D eigenvalue weighted by Crippen LogP contribution is -2.19. The Labute approximate surface area is 129 Å². The molecule has 0 fully saturated rings. The Morgan fingerprint density at radius 2 is 1.79 bits per heavy atom. The van der Waals surface area contributed by atoms with E-state index in [9.17, 15) is 4.39 Å². The average Bonchev–Trinajstić information content (AvgIpc) is 2.41. The van der Waals surface area contributed by atoms with Crippen molar-refractivity contribution >= 4 is 31.9 Å². The van der Waals surface area contributed by atoms with Crippen LogP contribution in [-0.4, -0.2) is 7.05 Å². The SMILES string of the molecule is CNC(Cc1ccc(F)cc1)c1cc(Br)ccc1Br. The molecule has 0 aromatic heterocycles. The molecule has 0 aliphatic rings. The van der Waals surface area contributed by atoms with E-state index in [4.69, 9.17) is 0 Å². The second-order valence-electron chi connectivity index (χ2n) is 4.34. The maximum atomic E-state index is 12.9. The van der Waals surface area contributed by atoms with Gasteiger partial charge in [-0.25, -0.2) is 4.39 Å². The van der Waals surface area contributed by atoms with Gasteiger partial charge in [0.05, 0.1) is 0 Å². The van der Waals surface area contributed by atoms with Crippen molar-refractivity contribution in [1.82, 2.24) is 5.32 Å². The van der Waals surface area contributed by atoms with Gasteiger partial charge in [-0.1, -0.05) is 44.0 Å². The molecule has 0 aliphatic carbocycles. The molecule has 19 heavy (non-hydrogen) atoms. The third kappa shape index (κ3) is 3.88. The van der Waals surface area contributed by atoms with Crippen LogP contribution in [0, 0.1) is 5.82 Å². The van der Waals surface area contributed by atoms with Crippen molar-refractivity contribution in [2.24, 2.45) is 0 Å². The molecule has 1 nitrogen and oxygen atoms in total. The van der Waals surface area contributed by atoms with Gasteiger partial charge in [0.1, 0.15) is 5.82 Å². The lowest BCUT2D eigenvalue weighted by molar-refractivity contribution is 0.586. The minimum atomic E-state index is -0.201. The van der Waals surface area contributed by atoms with E-state index >= 15 is 0 Å². The Hall–Kier alpha value is -0.710. The third-order valence-corrected chi connectivity index (χ3v) is 4.25. The summed E-state index contributed by atoms with van der Waals surface area (Å²) in [4.78, 5) is 0. The fourth-order valence-corrected chi connectivity index (χ4v) is 2.91. The monoisotopic (exact) mass is 385 g/mol. The van der Waals surface area contributed by atoms with Gasteiger partial charge in [-0.15, -0.1) is 0 Å². The van der Waals surface area contributed by atoms with Crippen LogP contribution >= 0.6 is 31.9 Å². The number of hydrogen-bond acceptors (Lipinski definition) is 1. The van der Waals surface area contributed by atoms with Crippen molar-refractivity contribution in [1.29, 1.82) is 0 Å². The number of halogens is 3. The van der Waals surface area contributed by atoms with Crippen molar-refractivity contribution in [3.63, 3.8) is 0 Å². The van der Waals surface area contributed by atoms with Crippen molar-refractivity contribution in [2.75, 3.05) is 7.05 Å². The third-order valence-electron chi connectivity index (χ3n) is 3.04. The summed E-state index contributed by atoms with van der Waals surface area (Å²) in [5, 5.41) is 3.30. The maximum Gasteiger partial charge on any atom is 0.123 e. The standard InChI is InChI=1S/C15H14Br2FN/c1-19-15(8-10-2-5-12(18)6-3-10)13-9-11(16)4-7-14(13)17/h2-7,9,15,19H,8H2,1H3. The largest absolute Gasteiger partial charge is 0.313 e. The number of likely N-dealkylation sites (N-methyl/N-ethyl adjacent to an activating group) is 1. The molecule has 0 aliphatic heterocycles. The predicted octanol–water partition coefficient (Wildman–Crippen LogP) is 4.85. The topological polar surface area (TPSA) is 12.0 Å². The molecule has 1 unspecified atom stereocenters. The van der Waals surface area contributed by atoms with Crippen molar-refractivity contribution in [3.8, 4) is 0 Å². The first-order valence-electron chi connectivity index (χ1n) is 5.97. The van der Waals surface area contributed by atoms with Gasteiger partial charge in [-0.05, 0) is 54.9 Å². The predicted molar refractivity (Wildman–Crippen MR) is 83.7 cm³/mol. The summed E-state index contributed by atoms with van der Waals surface area (Å²) in [6, 6.07) is 12.9. The molecule has 4 heteroatoms. The highest BCUT2D eigenvalue weighted by molar-refractivity contribution is 9.11. The van der Waals surface area contributed by atoms with Gasteiger partial charge < -0.3 is 5.32 Å². The van der Waals surface area contributed by atoms with Gasteiger partial charge >= 0.3 is 0 Å². The van der Waals surface area contributed by atoms with Crippen molar-refractivity contribution < 1.29 is 4.39 Å². The number of rotatable bonds is 4. The van der Waals surface area contributed by atoms with Crippen molar-refractivity contribution in [2.45, 2.75) is 12.5 Å². The first kappa shape index (κ1) is 14.7. The Kier molecular flexibility index (Phi) is 5.13. The molecular formula is C15H14Br2FN. The summed E-state index contributed by atoms with van der Waals surface area (Å²) in [7, 11) is 1.93. The Morgan fingerprint density at radius 3 is 2.42 bits per heavy atom. The van der Waals surface area contributed by atoms with E-state index in [1.807, 2.05) is 31.3 Å². The van der Waals surface area contributed by atoms with E-state index in [2.05, 4.69) is 43.2 Å². The first-order chi connectivity index (χ1) is 9.10. The van der Waals surface area contributed by atoms with Crippen LogP contribution in [0.4, 0.5) is 4.39 Å².